The zero-order valence-electron chi connectivity index (χ0n) is 11.9. The van der Waals surface area contributed by atoms with E-state index in [-0.39, 0.29) is 11.9 Å². The number of carbonyl (C=O) groups excluding carboxylic acids is 1. The highest BCUT2D eigenvalue weighted by Crippen LogP contribution is 2.26. The van der Waals surface area contributed by atoms with Gasteiger partial charge in [-0.05, 0) is 56.4 Å². The quantitative estimate of drug-likeness (QED) is 0.819. The van der Waals surface area contributed by atoms with Crippen LogP contribution in [-0.2, 0) is 0 Å². The van der Waals surface area contributed by atoms with Crippen LogP contribution < -0.4 is 11.1 Å². The predicted molar refractivity (Wildman–Crippen MR) is 79.1 cm³/mol. The SMILES string of the molecule is Cc1cc(C(=O)NC(C)C2CCCCC2)ccc1N. The Bertz CT molecular complexity index is 450. The van der Waals surface area contributed by atoms with Gasteiger partial charge >= 0.3 is 0 Å². The summed E-state index contributed by atoms with van der Waals surface area (Å²) in [6.07, 6.45) is 6.41. The molecule has 0 spiro atoms. The summed E-state index contributed by atoms with van der Waals surface area (Å²) in [5.41, 5.74) is 8.17. The van der Waals surface area contributed by atoms with Crippen LogP contribution in [0.4, 0.5) is 5.69 Å². The van der Waals surface area contributed by atoms with Gasteiger partial charge in [-0.25, -0.2) is 0 Å². The third-order valence-corrected chi connectivity index (χ3v) is 4.25. The molecule has 1 aliphatic carbocycles. The van der Waals surface area contributed by atoms with Crippen LogP contribution in [-0.4, -0.2) is 11.9 Å². The fourth-order valence-corrected chi connectivity index (χ4v) is 2.86. The molecule has 1 atom stereocenters. The first-order valence-electron chi connectivity index (χ1n) is 7.25. The van der Waals surface area contributed by atoms with Crippen LogP contribution in [0.5, 0.6) is 0 Å². The van der Waals surface area contributed by atoms with Crippen molar-refractivity contribution in [2.45, 2.75) is 52.0 Å². The maximum atomic E-state index is 12.2. The molecule has 0 saturated heterocycles. The average Bonchev–Trinajstić information content (AvgIpc) is 2.42. The van der Waals surface area contributed by atoms with Crippen LogP contribution in [0.2, 0.25) is 0 Å². The van der Waals surface area contributed by atoms with Crippen molar-refractivity contribution in [2.24, 2.45) is 5.92 Å². The number of rotatable bonds is 3. The molecule has 3 nitrogen and oxygen atoms in total. The first-order chi connectivity index (χ1) is 9.08. The van der Waals surface area contributed by atoms with Crippen LogP contribution >= 0.6 is 0 Å². The van der Waals surface area contributed by atoms with Crippen molar-refractivity contribution in [2.75, 3.05) is 5.73 Å². The number of anilines is 1. The maximum absolute atomic E-state index is 12.2. The van der Waals surface area contributed by atoms with Gasteiger partial charge in [0.05, 0.1) is 0 Å². The summed E-state index contributed by atoms with van der Waals surface area (Å²) in [6, 6.07) is 5.71. The molecule has 0 aromatic heterocycles. The van der Waals surface area contributed by atoms with Gasteiger partial charge in [0.15, 0.2) is 0 Å². The van der Waals surface area contributed by atoms with E-state index in [1.165, 1.54) is 32.1 Å². The van der Waals surface area contributed by atoms with Crippen LogP contribution in [0.1, 0.15) is 54.9 Å². The Morgan fingerprint density at radius 3 is 2.63 bits per heavy atom. The standard InChI is InChI=1S/C16H24N2O/c1-11-10-14(8-9-15(11)17)16(19)18-12(2)13-6-4-3-5-7-13/h8-10,12-13H,3-7,17H2,1-2H3,(H,18,19). The second-order valence-electron chi connectivity index (χ2n) is 5.73. The molecule has 19 heavy (non-hydrogen) atoms. The summed E-state index contributed by atoms with van der Waals surface area (Å²) in [5, 5.41) is 3.13. The predicted octanol–water partition coefficient (Wildman–Crippen LogP) is 3.28. The number of hydrogen-bond acceptors (Lipinski definition) is 2. The van der Waals surface area contributed by atoms with Gasteiger partial charge in [-0.1, -0.05) is 19.3 Å². The lowest BCUT2D eigenvalue weighted by atomic mass is 9.84. The van der Waals surface area contributed by atoms with Gasteiger partial charge in [-0.15, -0.1) is 0 Å². The summed E-state index contributed by atoms with van der Waals surface area (Å²) >= 11 is 0. The van der Waals surface area contributed by atoms with Crippen molar-refractivity contribution in [3.63, 3.8) is 0 Å². The number of carbonyl (C=O) groups is 1. The number of amides is 1. The van der Waals surface area contributed by atoms with E-state index in [1.807, 2.05) is 13.0 Å². The minimum atomic E-state index is 0.0150. The average molecular weight is 260 g/mol. The van der Waals surface area contributed by atoms with Gasteiger partial charge in [0.2, 0.25) is 0 Å². The minimum absolute atomic E-state index is 0.0150. The Labute approximate surface area is 115 Å². The molecule has 2 rings (SSSR count). The van der Waals surface area contributed by atoms with E-state index in [0.29, 0.717) is 11.5 Å². The summed E-state index contributed by atoms with van der Waals surface area (Å²) in [5.74, 6) is 0.647. The first-order valence-corrected chi connectivity index (χ1v) is 7.25. The molecule has 0 bridgehead atoms. The van der Waals surface area contributed by atoms with Crippen LogP contribution in [0.3, 0.4) is 0 Å². The molecular weight excluding hydrogens is 236 g/mol. The minimum Gasteiger partial charge on any atom is -0.399 e. The molecule has 0 radical (unpaired) electrons. The number of benzene rings is 1. The molecule has 1 fully saturated rings. The number of hydrogen-bond donors (Lipinski definition) is 2. The number of aryl methyl sites for hydroxylation is 1. The van der Waals surface area contributed by atoms with Crippen molar-refractivity contribution in [1.82, 2.24) is 5.32 Å². The van der Waals surface area contributed by atoms with Gasteiger partial charge < -0.3 is 11.1 Å². The van der Waals surface area contributed by atoms with Crippen molar-refractivity contribution in [3.8, 4) is 0 Å². The van der Waals surface area contributed by atoms with E-state index < -0.39 is 0 Å². The zero-order valence-corrected chi connectivity index (χ0v) is 11.9. The highest BCUT2D eigenvalue weighted by atomic mass is 16.1. The van der Waals surface area contributed by atoms with Crippen molar-refractivity contribution >= 4 is 11.6 Å². The Balaban J connectivity index is 1.97. The fourth-order valence-electron chi connectivity index (χ4n) is 2.86. The molecule has 1 amide bonds. The van der Waals surface area contributed by atoms with Crippen LogP contribution in [0.25, 0.3) is 0 Å². The monoisotopic (exact) mass is 260 g/mol. The number of nitrogens with one attached hydrogen (secondary N) is 1. The van der Waals surface area contributed by atoms with E-state index in [9.17, 15) is 4.79 Å². The molecule has 1 saturated carbocycles. The molecule has 1 unspecified atom stereocenters. The molecule has 1 aromatic carbocycles. The molecule has 0 heterocycles. The van der Waals surface area contributed by atoms with E-state index in [2.05, 4.69) is 12.2 Å². The summed E-state index contributed by atoms with van der Waals surface area (Å²) in [7, 11) is 0. The van der Waals surface area contributed by atoms with Crippen LogP contribution in [0.15, 0.2) is 18.2 Å². The fraction of sp³-hybridized carbons (Fsp3) is 0.562. The molecule has 104 valence electrons. The number of nitrogen functional groups attached to an aromatic ring is 1. The molecule has 3 N–H and O–H groups in total. The lowest BCUT2D eigenvalue weighted by Crippen LogP contribution is -2.38. The lowest BCUT2D eigenvalue weighted by Gasteiger charge is -2.28. The molecular formula is C16H24N2O. The summed E-state index contributed by atoms with van der Waals surface area (Å²) in [4.78, 5) is 12.2. The maximum Gasteiger partial charge on any atom is 0.251 e. The summed E-state index contributed by atoms with van der Waals surface area (Å²) in [6.45, 7) is 4.05. The highest BCUT2D eigenvalue weighted by molar-refractivity contribution is 5.95. The lowest BCUT2D eigenvalue weighted by molar-refractivity contribution is 0.0919. The van der Waals surface area contributed by atoms with E-state index in [1.54, 1.807) is 12.1 Å². The Hall–Kier alpha value is -1.51. The summed E-state index contributed by atoms with van der Waals surface area (Å²) < 4.78 is 0. The molecule has 3 heteroatoms. The molecule has 0 aliphatic heterocycles. The van der Waals surface area contributed by atoms with E-state index in [4.69, 9.17) is 5.73 Å². The smallest absolute Gasteiger partial charge is 0.251 e. The second kappa shape index (κ2) is 6.09. The Morgan fingerprint density at radius 2 is 2.00 bits per heavy atom. The molecule has 1 aliphatic rings. The normalized spacial score (nSPS) is 18.0. The van der Waals surface area contributed by atoms with Gasteiger partial charge in [-0.2, -0.15) is 0 Å². The number of nitrogens with two attached hydrogens (primary N) is 1. The molecule has 1 aromatic rings. The van der Waals surface area contributed by atoms with Gasteiger partial charge in [0, 0.05) is 17.3 Å². The van der Waals surface area contributed by atoms with E-state index in [0.717, 1.165) is 11.3 Å². The van der Waals surface area contributed by atoms with Crippen molar-refractivity contribution in [1.29, 1.82) is 0 Å². The van der Waals surface area contributed by atoms with E-state index >= 15 is 0 Å². The zero-order chi connectivity index (χ0) is 13.8. The third-order valence-electron chi connectivity index (χ3n) is 4.25. The second-order valence-corrected chi connectivity index (χ2v) is 5.73. The topological polar surface area (TPSA) is 55.1 Å². The van der Waals surface area contributed by atoms with Gasteiger partial charge in [0.1, 0.15) is 0 Å². The Kier molecular flexibility index (Phi) is 4.46. The van der Waals surface area contributed by atoms with Crippen molar-refractivity contribution < 1.29 is 4.79 Å². The Morgan fingerprint density at radius 1 is 1.32 bits per heavy atom. The van der Waals surface area contributed by atoms with Gasteiger partial charge in [0.25, 0.3) is 5.91 Å². The van der Waals surface area contributed by atoms with Gasteiger partial charge in [-0.3, -0.25) is 4.79 Å². The first kappa shape index (κ1) is 13.9. The third kappa shape index (κ3) is 3.49. The highest BCUT2D eigenvalue weighted by Gasteiger charge is 2.21. The largest absolute Gasteiger partial charge is 0.399 e. The van der Waals surface area contributed by atoms with Crippen molar-refractivity contribution in [3.05, 3.63) is 29.3 Å². The van der Waals surface area contributed by atoms with Crippen LogP contribution in [0, 0.1) is 12.8 Å².